The number of aliphatic carboxylic acids is 1. The summed E-state index contributed by atoms with van der Waals surface area (Å²) >= 11 is 0. The molecule has 0 aliphatic carbocycles. The zero-order valence-electron chi connectivity index (χ0n) is 8.47. The van der Waals surface area contributed by atoms with Crippen LogP contribution in [0.3, 0.4) is 0 Å². The fraction of sp³-hybridized carbons (Fsp3) is 0.455. The molecule has 1 aliphatic rings. The number of carboxylic acid groups (broad SMARTS) is 1. The van der Waals surface area contributed by atoms with Crippen molar-refractivity contribution < 1.29 is 9.90 Å². The Morgan fingerprint density at radius 3 is 2.73 bits per heavy atom. The van der Waals surface area contributed by atoms with Gasteiger partial charge in [-0.05, 0) is 24.1 Å². The third kappa shape index (κ3) is 2.53. The molecule has 0 bridgehead atoms. The topological polar surface area (TPSA) is 53.4 Å². The maximum atomic E-state index is 10.6. The molecule has 4 nitrogen and oxygen atoms in total. The number of pyridine rings is 1. The first-order valence-corrected chi connectivity index (χ1v) is 5.10. The molecule has 2 rings (SSSR count). The molecule has 4 heteroatoms. The number of rotatable bonds is 4. The molecule has 1 N–H and O–H groups in total. The molecular formula is C11H14N2O2. The molecule has 0 radical (unpaired) electrons. The molecule has 0 aromatic carbocycles. The van der Waals surface area contributed by atoms with Gasteiger partial charge in [0.25, 0.3) is 0 Å². The average molecular weight is 206 g/mol. The van der Waals surface area contributed by atoms with Gasteiger partial charge in [0.2, 0.25) is 0 Å². The van der Waals surface area contributed by atoms with E-state index in [-0.39, 0.29) is 5.92 Å². The summed E-state index contributed by atoms with van der Waals surface area (Å²) in [4.78, 5) is 16.7. The van der Waals surface area contributed by atoms with E-state index in [2.05, 4.69) is 9.88 Å². The van der Waals surface area contributed by atoms with Crippen molar-refractivity contribution in [2.75, 3.05) is 19.6 Å². The SMILES string of the molecule is O=C(O)C1CN(CCc2ccncc2)C1. The summed E-state index contributed by atoms with van der Waals surface area (Å²) in [6, 6.07) is 3.99. The molecule has 1 aromatic rings. The van der Waals surface area contributed by atoms with E-state index < -0.39 is 5.97 Å². The van der Waals surface area contributed by atoms with Gasteiger partial charge in [0, 0.05) is 32.0 Å². The van der Waals surface area contributed by atoms with Crippen LogP contribution in [0.1, 0.15) is 5.56 Å². The second-order valence-corrected chi connectivity index (χ2v) is 3.90. The van der Waals surface area contributed by atoms with Gasteiger partial charge in [-0.15, -0.1) is 0 Å². The van der Waals surface area contributed by atoms with Gasteiger partial charge in [-0.3, -0.25) is 9.78 Å². The van der Waals surface area contributed by atoms with Crippen LogP contribution in [-0.2, 0) is 11.2 Å². The highest BCUT2D eigenvalue weighted by molar-refractivity contribution is 5.71. The molecule has 1 aromatic heterocycles. The summed E-state index contributed by atoms with van der Waals surface area (Å²) in [6.07, 6.45) is 4.53. The van der Waals surface area contributed by atoms with Gasteiger partial charge in [0.05, 0.1) is 5.92 Å². The van der Waals surface area contributed by atoms with Gasteiger partial charge in [0.15, 0.2) is 0 Å². The Labute approximate surface area is 88.6 Å². The number of hydrogen-bond acceptors (Lipinski definition) is 3. The highest BCUT2D eigenvalue weighted by Crippen LogP contribution is 2.15. The number of aromatic nitrogens is 1. The average Bonchev–Trinajstić information content (AvgIpc) is 2.16. The van der Waals surface area contributed by atoms with Crippen LogP contribution in [0, 0.1) is 5.92 Å². The third-order valence-electron chi connectivity index (χ3n) is 2.77. The van der Waals surface area contributed by atoms with Crippen molar-refractivity contribution in [1.82, 2.24) is 9.88 Å². The van der Waals surface area contributed by atoms with Crippen molar-refractivity contribution in [3.05, 3.63) is 30.1 Å². The van der Waals surface area contributed by atoms with Crippen molar-refractivity contribution in [3.63, 3.8) is 0 Å². The molecule has 1 saturated heterocycles. The van der Waals surface area contributed by atoms with Crippen LogP contribution in [0.15, 0.2) is 24.5 Å². The summed E-state index contributed by atoms with van der Waals surface area (Å²) in [5, 5.41) is 8.70. The third-order valence-corrected chi connectivity index (χ3v) is 2.77. The highest BCUT2D eigenvalue weighted by atomic mass is 16.4. The molecular weight excluding hydrogens is 192 g/mol. The fourth-order valence-corrected chi connectivity index (χ4v) is 1.75. The van der Waals surface area contributed by atoms with Crippen molar-refractivity contribution in [2.24, 2.45) is 5.92 Å². The van der Waals surface area contributed by atoms with Gasteiger partial charge in [-0.1, -0.05) is 0 Å². The zero-order chi connectivity index (χ0) is 10.7. The first-order chi connectivity index (χ1) is 7.25. The normalized spacial score (nSPS) is 17.3. The lowest BCUT2D eigenvalue weighted by molar-refractivity contribution is -0.147. The number of carboxylic acids is 1. The molecule has 0 spiro atoms. The summed E-state index contributed by atoms with van der Waals surface area (Å²) in [5.74, 6) is -0.822. The van der Waals surface area contributed by atoms with Crippen LogP contribution in [0.5, 0.6) is 0 Å². The Balaban J connectivity index is 1.71. The van der Waals surface area contributed by atoms with Crippen molar-refractivity contribution in [3.8, 4) is 0 Å². The highest BCUT2D eigenvalue weighted by Gasteiger charge is 2.31. The minimum absolute atomic E-state index is 0.151. The van der Waals surface area contributed by atoms with Crippen molar-refractivity contribution >= 4 is 5.97 Å². The number of carbonyl (C=O) groups is 1. The van der Waals surface area contributed by atoms with E-state index in [1.54, 1.807) is 12.4 Å². The maximum Gasteiger partial charge on any atom is 0.309 e. The van der Waals surface area contributed by atoms with Crippen LogP contribution < -0.4 is 0 Å². The Morgan fingerprint density at radius 2 is 2.13 bits per heavy atom. The lowest BCUT2D eigenvalue weighted by atomic mass is 10.00. The van der Waals surface area contributed by atoms with Gasteiger partial charge < -0.3 is 10.0 Å². The standard InChI is InChI=1S/C11H14N2O2/c14-11(15)10-7-13(8-10)6-3-9-1-4-12-5-2-9/h1-2,4-5,10H,3,6-8H2,(H,14,15). The van der Waals surface area contributed by atoms with E-state index in [1.807, 2.05) is 12.1 Å². The smallest absolute Gasteiger partial charge is 0.309 e. The summed E-state index contributed by atoms with van der Waals surface area (Å²) in [7, 11) is 0. The Bertz CT molecular complexity index is 334. The Kier molecular flexibility index (Phi) is 2.97. The largest absolute Gasteiger partial charge is 0.481 e. The maximum absolute atomic E-state index is 10.6. The lowest BCUT2D eigenvalue weighted by Crippen LogP contribution is -2.50. The van der Waals surface area contributed by atoms with E-state index in [0.29, 0.717) is 13.1 Å². The molecule has 1 fully saturated rings. The van der Waals surface area contributed by atoms with E-state index >= 15 is 0 Å². The predicted octanol–water partition coefficient (Wildman–Crippen LogP) is 0.640. The number of likely N-dealkylation sites (tertiary alicyclic amines) is 1. The molecule has 80 valence electrons. The quantitative estimate of drug-likeness (QED) is 0.785. The zero-order valence-corrected chi connectivity index (χ0v) is 8.47. The monoisotopic (exact) mass is 206 g/mol. The molecule has 0 saturated carbocycles. The second kappa shape index (κ2) is 4.40. The Hall–Kier alpha value is -1.42. The van der Waals surface area contributed by atoms with E-state index in [1.165, 1.54) is 5.56 Å². The summed E-state index contributed by atoms with van der Waals surface area (Å²) in [6.45, 7) is 2.33. The van der Waals surface area contributed by atoms with Crippen LogP contribution in [0.25, 0.3) is 0 Å². The van der Waals surface area contributed by atoms with Gasteiger partial charge in [-0.2, -0.15) is 0 Å². The minimum Gasteiger partial charge on any atom is -0.481 e. The molecule has 0 amide bonds. The minimum atomic E-state index is -0.671. The molecule has 0 atom stereocenters. The van der Waals surface area contributed by atoms with Crippen LogP contribution in [-0.4, -0.2) is 40.6 Å². The summed E-state index contributed by atoms with van der Waals surface area (Å²) < 4.78 is 0. The van der Waals surface area contributed by atoms with Gasteiger partial charge in [-0.25, -0.2) is 0 Å². The number of nitrogens with zero attached hydrogens (tertiary/aromatic N) is 2. The van der Waals surface area contributed by atoms with E-state index in [0.717, 1.165) is 13.0 Å². The molecule has 0 unspecified atom stereocenters. The second-order valence-electron chi connectivity index (χ2n) is 3.90. The van der Waals surface area contributed by atoms with Crippen LogP contribution >= 0.6 is 0 Å². The van der Waals surface area contributed by atoms with Crippen LogP contribution in [0.4, 0.5) is 0 Å². The van der Waals surface area contributed by atoms with Gasteiger partial charge in [0.1, 0.15) is 0 Å². The number of hydrogen-bond donors (Lipinski definition) is 1. The van der Waals surface area contributed by atoms with Crippen molar-refractivity contribution in [2.45, 2.75) is 6.42 Å². The fourth-order valence-electron chi connectivity index (χ4n) is 1.75. The molecule has 1 aliphatic heterocycles. The first-order valence-electron chi connectivity index (χ1n) is 5.10. The lowest BCUT2D eigenvalue weighted by Gasteiger charge is -2.36. The molecule has 2 heterocycles. The Morgan fingerprint density at radius 1 is 1.47 bits per heavy atom. The summed E-state index contributed by atoms with van der Waals surface area (Å²) in [5.41, 5.74) is 1.25. The van der Waals surface area contributed by atoms with Crippen molar-refractivity contribution in [1.29, 1.82) is 0 Å². The van der Waals surface area contributed by atoms with E-state index in [4.69, 9.17) is 5.11 Å². The molecule has 15 heavy (non-hydrogen) atoms. The predicted molar refractivity (Wildman–Crippen MR) is 55.5 cm³/mol. The van der Waals surface area contributed by atoms with Gasteiger partial charge >= 0.3 is 5.97 Å². The van der Waals surface area contributed by atoms with Crippen LogP contribution in [0.2, 0.25) is 0 Å². The van der Waals surface area contributed by atoms with E-state index in [9.17, 15) is 4.79 Å². The first kappa shape index (κ1) is 10.1.